The summed E-state index contributed by atoms with van der Waals surface area (Å²) in [4.78, 5) is 7.32. The molecule has 0 aliphatic carbocycles. The van der Waals surface area contributed by atoms with Crippen molar-refractivity contribution in [3.63, 3.8) is 0 Å². The second-order valence-corrected chi connectivity index (χ2v) is 9.12. The van der Waals surface area contributed by atoms with Crippen LogP contribution in [0.15, 0.2) is 67.0 Å². The second-order valence-electron chi connectivity index (χ2n) is 9.12. The highest BCUT2D eigenvalue weighted by atomic mass is 19.1. The summed E-state index contributed by atoms with van der Waals surface area (Å²) in [5, 5.41) is 1.01. The van der Waals surface area contributed by atoms with Gasteiger partial charge in [0.25, 0.3) is 0 Å². The fraction of sp³-hybridized carbons (Fsp3) is 0.321. The summed E-state index contributed by atoms with van der Waals surface area (Å²) in [7, 11) is 3.72. The lowest BCUT2D eigenvalue weighted by molar-refractivity contribution is 0.199. The Morgan fingerprint density at radius 1 is 1.09 bits per heavy atom. The van der Waals surface area contributed by atoms with Gasteiger partial charge < -0.3 is 9.30 Å². The van der Waals surface area contributed by atoms with Crippen LogP contribution < -0.4 is 4.74 Å². The molecule has 0 bridgehead atoms. The number of benzene rings is 2. The molecule has 1 aliphatic heterocycles. The van der Waals surface area contributed by atoms with E-state index in [1.54, 1.807) is 13.2 Å². The Bertz CT molecular complexity index is 1250. The number of halogens is 1. The van der Waals surface area contributed by atoms with Gasteiger partial charge in [-0.2, -0.15) is 0 Å². The first-order valence-electron chi connectivity index (χ1n) is 11.6. The molecule has 0 N–H and O–H groups in total. The topological polar surface area (TPSA) is 30.3 Å². The van der Waals surface area contributed by atoms with Crippen molar-refractivity contribution in [1.29, 1.82) is 0 Å². The van der Waals surface area contributed by atoms with E-state index in [0.717, 1.165) is 61.2 Å². The molecule has 0 saturated carbocycles. The number of ether oxygens (including phenoxy) is 1. The van der Waals surface area contributed by atoms with Crippen molar-refractivity contribution < 1.29 is 9.13 Å². The molecule has 5 rings (SSSR count). The summed E-state index contributed by atoms with van der Waals surface area (Å²) in [5.41, 5.74) is 5.86. The number of piperidine rings is 1. The number of aromatic nitrogens is 2. The van der Waals surface area contributed by atoms with E-state index in [9.17, 15) is 4.39 Å². The van der Waals surface area contributed by atoms with Gasteiger partial charge in [0.2, 0.25) is 0 Å². The molecule has 1 fully saturated rings. The molecular formula is C28H30FN3O. The molecule has 1 saturated heterocycles. The van der Waals surface area contributed by atoms with Gasteiger partial charge in [0.15, 0.2) is 0 Å². The first kappa shape index (κ1) is 21.7. The molecular weight excluding hydrogens is 413 g/mol. The highest BCUT2D eigenvalue weighted by Crippen LogP contribution is 2.29. The molecule has 3 heterocycles. The standard InChI is InChI=1S/C28H30FN3O/c1-31-17-23(26-15-24(29)9-11-28(26)31)19-32-12-4-6-22(18-32)27-10-8-21(16-30-27)13-20-5-3-7-25(14-20)33-2/h3,5,7-11,14-17,22H,4,6,12-13,18-19H2,1-2H3/t22-/m1/s1. The Kier molecular flexibility index (Phi) is 6.14. The molecule has 2 aromatic heterocycles. The maximum atomic E-state index is 13.9. The molecule has 170 valence electrons. The van der Waals surface area contributed by atoms with Crippen LogP contribution in [0.2, 0.25) is 0 Å². The van der Waals surface area contributed by atoms with Crippen LogP contribution in [-0.4, -0.2) is 34.7 Å². The smallest absolute Gasteiger partial charge is 0.123 e. The number of hydrogen-bond acceptors (Lipinski definition) is 3. The van der Waals surface area contributed by atoms with Gasteiger partial charge in [0.05, 0.1) is 7.11 Å². The number of nitrogens with zero attached hydrogens (tertiary/aromatic N) is 3. The second kappa shape index (κ2) is 9.36. The van der Waals surface area contributed by atoms with E-state index in [-0.39, 0.29) is 5.82 Å². The Morgan fingerprint density at radius 2 is 2.00 bits per heavy atom. The summed E-state index contributed by atoms with van der Waals surface area (Å²) in [6.07, 6.45) is 7.30. The number of pyridine rings is 1. The average Bonchev–Trinajstić information content (AvgIpc) is 3.14. The van der Waals surface area contributed by atoms with Gasteiger partial charge in [-0.3, -0.25) is 9.88 Å². The normalized spacial score (nSPS) is 16.9. The quantitative estimate of drug-likeness (QED) is 0.383. The molecule has 4 aromatic rings. The van der Waals surface area contributed by atoms with Crippen molar-refractivity contribution in [1.82, 2.24) is 14.5 Å². The van der Waals surface area contributed by atoms with Crippen molar-refractivity contribution in [2.75, 3.05) is 20.2 Å². The molecule has 5 heteroatoms. The maximum Gasteiger partial charge on any atom is 0.123 e. The third kappa shape index (κ3) is 4.79. The minimum atomic E-state index is -0.176. The van der Waals surface area contributed by atoms with Gasteiger partial charge in [0, 0.05) is 55.0 Å². The maximum absolute atomic E-state index is 13.9. The van der Waals surface area contributed by atoms with E-state index in [4.69, 9.17) is 9.72 Å². The number of likely N-dealkylation sites (tertiary alicyclic amines) is 1. The van der Waals surface area contributed by atoms with E-state index in [0.29, 0.717) is 5.92 Å². The van der Waals surface area contributed by atoms with Gasteiger partial charge in [0.1, 0.15) is 11.6 Å². The lowest BCUT2D eigenvalue weighted by atomic mass is 9.93. The molecule has 1 atom stereocenters. The first-order valence-corrected chi connectivity index (χ1v) is 11.6. The van der Waals surface area contributed by atoms with Crippen molar-refractivity contribution in [3.8, 4) is 5.75 Å². The Morgan fingerprint density at radius 3 is 2.82 bits per heavy atom. The highest BCUT2D eigenvalue weighted by Gasteiger charge is 2.23. The van der Waals surface area contributed by atoms with Gasteiger partial charge >= 0.3 is 0 Å². The van der Waals surface area contributed by atoms with Crippen molar-refractivity contribution in [2.24, 2.45) is 7.05 Å². The largest absolute Gasteiger partial charge is 0.497 e. The number of aryl methyl sites for hydroxylation is 1. The van der Waals surface area contributed by atoms with Crippen LogP contribution in [0.5, 0.6) is 5.75 Å². The lowest BCUT2D eigenvalue weighted by Crippen LogP contribution is -2.34. The lowest BCUT2D eigenvalue weighted by Gasteiger charge is -2.32. The molecule has 2 aromatic carbocycles. The minimum Gasteiger partial charge on any atom is -0.497 e. The summed E-state index contributed by atoms with van der Waals surface area (Å²) in [6.45, 7) is 2.88. The van der Waals surface area contributed by atoms with Crippen LogP contribution in [0.25, 0.3) is 10.9 Å². The van der Waals surface area contributed by atoms with E-state index in [1.165, 1.54) is 22.8 Å². The van der Waals surface area contributed by atoms with Gasteiger partial charge in [-0.1, -0.05) is 18.2 Å². The predicted molar refractivity (Wildman–Crippen MR) is 130 cm³/mol. The van der Waals surface area contributed by atoms with Crippen LogP contribution in [0.1, 0.15) is 41.1 Å². The zero-order chi connectivity index (χ0) is 22.8. The van der Waals surface area contributed by atoms with E-state index < -0.39 is 0 Å². The van der Waals surface area contributed by atoms with E-state index in [1.807, 2.05) is 31.4 Å². The molecule has 0 spiro atoms. The summed E-state index contributed by atoms with van der Waals surface area (Å²) in [6, 6.07) is 17.6. The third-order valence-electron chi connectivity index (χ3n) is 6.74. The minimum absolute atomic E-state index is 0.176. The number of fused-ring (bicyclic) bond motifs is 1. The fourth-order valence-electron chi connectivity index (χ4n) is 5.05. The van der Waals surface area contributed by atoms with Crippen LogP contribution in [-0.2, 0) is 20.0 Å². The molecule has 1 aliphatic rings. The number of rotatable bonds is 6. The molecule has 0 amide bonds. The Labute approximate surface area is 194 Å². The molecule has 0 unspecified atom stereocenters. The molecule has 4 nitrogen and oxygen atoms in total. The van der Waals surface area contributed by atoms with E-state index in [2.05, 4.69) is 39.9 Å². The van der Waals surface area contributed by atoms with E-state index >= 15 is 0 Å². The Hall–Kier alpha value is -3.18. The average molecular weight is 444 g/mol. The monoisotopic (exact) mass is 443 g/mol. The summed E-state index contributed by atoms with van der Waals surface area (Å²) >= 11 is 0. The fourth-order valence-corrected chi connectivity index (χ4v) is 5.05. The summed E-state index contributed by atoms with van der Waals surface area (Å²) < 4.78 is 21.3. The van der Waals surface area contributed by atoms with Gasteiger partial charge in [-0.25, -0.2) is 4.39 Å². The van der Waals surface area contributed by atoms with Crippen LogP contribution in [0.4, 0.5) is 4.39 Å². The van der Waals surface area contributed by atoms with Crippen LogP contribution >= 0.6 is 0 Å². The zero-order valence-corrected chi connectivity index (χ0v) is 19.3. The SMILES string of the molecule is COc1cccc(Cc2ccc([C@@H]3CCCN(Cc4cn(C)c5ccc(F)cc45)C3)nc2)c1. The van der Waals surface area contributed by atoms with Crippen molar-refractivity contribution in [3.05, 3.63) is 95.2 Å². The molecule has 0 radical (unpaired) electrons. The van der Waals surface area contributed by atoms with Crippen LogP contribution in [0, 0.1) is 5.82 Å². The summed E-state index contributed by atoms with van der Waals surface area (Å²) in [5.74, 6) is 1.13. The van der Waals surface area contributed by atoms with Crippen molar-refractivity contribution in [2.45, 2.75) is 31.7 Å². The number of hydrogen-bond donors (Lipinski definition) is 0. The zero-order valence-electron chi connectivity index (χ0n) is 19.3. The first-order chi connectivity index (χ1) is 16.1. The Balaban J connectivity index is 1.27. The van der Waals surface area contributed by atoms with Crippen LogP contribution in [0.3, 0.4) is 0 Å². The van der Waals surface area contributed by atoms with Crippen molar-refractivity contribution >= 4 is 10.9 Å². The third-order valence-corrected chi connectivity index (χ3v) is 6.74. The van der Waals surface area contributed by atoms with Gasteiger partial charge in [-0.15, -0.1) is 0 Å². The number of methoxy groups -OCH3 is 1. The van der Waals surface area contributed by atoms with Gasteiger partial charge in [-0.05, 0) is 78.9 Å². The predicted octanol–water partition coefficient (Wildman–Crippen LogP) is 5.69. The molecule has 33 heavy (non-hydrogen) atoms. The highest BCUT2D eigenvalue weighted by molar-refractivity contribution is 5.84.